The molecule has 20 heavy (non-hydrogen) atoms. The molecular formula is C12H23N3O3S2. The van der Waals surface area contributed by atoms with Gasteiger partial charge < -0.3 is 10.5 Å². The summed E-state index contributed by atoms with van der Waals surface area (Å²) in [6.07, 6.45) is 5.47. The summed E-state index contributed by atoms with van der Waals surface area (Å²) in [5.74, 6) is 0. The van der Waals surface area contributed by atoms with Crippen LogP contribution in [0.25, 0.3) is 0 Å². The van der Waals surface area contributed by atoms with Crippen molar-refractivity contribution in [1.82, 2.24) is 9.03 Å². The van der Waals surface area contributed by atoms with Crippen molar-refractivity contribution in [2.75, 3.05) is 26.3 Å². The van der Waals surface area contributed by atoms with Crippen molar-refractivity contribution >= 4 is 27.4 Å². The molecule has 6 nitrogen and oxygen atoms in total. The average Bonchev–Trinajstić information content (AvgIpc) is 2.66. The summed E-state index contributed by atoms with van der Waals surface area (Å²) in [5.41, 5.74) is 5.11. The Bertz CT molecular complexity index is 439. The molecule has 116 valence electrons. The summed E-state index contributed by atoms with van der Waals surface area (Å²) in [6.45, 7) is 1.62. The molecule has 0 aromatic heterocycles. The lowest BCUT2D eigenvalue weighted by atomic mass is 9.91. The van der Waals surface area contributed by atoms with Crippen molar-refractivity contribution in [2.24, 2.45) is 5.73 Å². The lowest BCUT2D eigenvalue weighted by Gasteiger charge is -2.36. The summed E-state index contributed by atoms with van der Waals surface area (Å²) in [4.78, 5) is 0.260. The maximum absolute atomic E-state index is 12.5. The van der Waals surface area contributed by atoms with E-state index in [4.69, 9.17) is 22.7 Å². The highest BCUT2D eigenvalue weighted by Crippen LogP contribution is 2.28. The van der Waals surface area contributed by atoms with E-state index in [-0.39, 0.29) is 4.99 Å². The second kappa shape index (κ2) is 6.65. The second-order valence-corrected chi connectivity index (χ2v) is 7.59. The molecule has 1 aliphatic carbocycles. The standard InChI is InChI=1S/C12H23N3O3S2/c13-11(19)12(5-3-1-2-4-6-12)14-20(16,17)15-7-9-18-10-8-15/h14H,1-10H2,(H2,13,19). The van der Waals surface area contributed by atoms with Gasteiger partial charge in [0.15, 0.2) is 0 Å². The van der Waals surface area contributed by atoms with Gasteiger partial charge in [0.25, 0.3) is 10.2 Å². The van der Waals surface area contributed by atoms with Crippen LogP contribution in [0.15, 0.2) is 0 Å². The Morgan fingerprint density at radius 2 is 1.70 bits per heavy atom. The minimum Gasteiger partial charge on any atom is -0.392 e. The molecule has 1 saturated carbocycles. The van der Waals surface area contributed by atoms with Crippen LogP contribution in [-0.2, 0) is 14.9 Å². The number of morpholine rings is 1. The third-order valence-electron chi connectivity index (χ3n) is 4.06. The summed E-state index contributed by atoms with van der Waals surface area (Å²) in [5, 5.41) is 0. The predicted molar refractivity (Wildman–Crippen MR) is 81.7 cm³/mol. The van der Waals surface area contributed by atoms with Gasteiger partial charge in [-0.1, -0.05) is 37.9 Å². The first kappa shape index (κ1) is 16.1. The number of nitrogens with zero attached hydrogens (tertiary/aromatic N) is 1. The van der Waals surface area contributed by atoms with E-state index < -0.39 is 15.7 Å². The fourth-order valence-electron chi connectivity index (χ4n) is 2.83. The summed E-state index contributed by atoms with van der Waals surface area (Å²) in [6, 6.07) is 0. The topological polar surface area (TPSA) is 84.7 Å². The van der Waals surface area contributed by atoms with Gasteiger partial charge in [0.05, 0.1) is 23.7 Å². The van der Waals surface area contributed by atoms with Gasteiger partial charge in [-0.2, -0.15) is 17.4 Å². The van der Waals surface area contributed by atoms with Crippen molar-refractivity contribution < 1.29 is 13.2 Å². The minimum atomic E-state index is -3.57. The Morgan fingerprint density at radius 3 is 2.20 bits per heavy atom. The Labute approximate surface area is 126 Å². The Kier molecular flexibility index (Phi) is 5.36. The van der Waals surface area contributed by atoms with E-state index in [0.717, 1.165) is 25.7 Å². The van der Waals surface area contributed by atoms with Gasteiger partial charge in [-0.3, -0.25) is 0 Å². The highest BCUT2D eigenvalue weighted by Gasteiger charge is 2.40. The quantitative estimate of drug-likeness (QED) is 0.583. The maximum Gasteiger partial charge on any atom is 0.280 e. The number of nitrogens with one attached hydrogen (secondary N) is 1. The molecule has 0 spiro atoms. The van der Waals surface area contributed by atoms with Crippen LogP contribution in [0.4, 0.5) is 0 Å². The molecular weight excluding hydrogens is 298 g/mol. The number of ether oxygens (including phenoxy) is 1. The fraction of sp³-hybridized carbons (Fsp3) is 0.917. The lowest BCUT2D eigenvalue weighted by Crippen LogP contribution is -2.60. The smallest absolute Gasteiger partial charge is 0.280 e. The normalized spacial score (nSPS) is 25.0. The first-order valence-corrected chi connectivity index (χ1v) is 8.98. The van der Waals surface area contributed by atoms with E-state index in [2.05, 4.69) is 4.72 Å². The lowest BCUT2D eigenvalue weighted by molar-refractivity contribution is 0.0721. The first-order chi connectivity index (χ1) is 9.46. The zero-order valence-corrected chi connectivity index (χ0v) is 13.3. The number of hydrogen-bond acceptors (Lipinski definition) is 4. The molecule has 8 heteroatoms. The van der Waals surface area contributed by atoms with E-state index >= 15 is 0 Å². The summed E-state index contributed by atoms with van der Waals surface area (Å²) < 4.78 is 34.4. The minimum absolute atomic E-state index is 0.260. The van der Waals surface area contributed by atoms with Crippen LogP contribution in [0.5, 0.6) is 0 Å². The van der Waals surface area contributed by atoms with Crippen LogP contribution < -0.4 is 10.5 Å². The average molecular weight is 321 g/mol. The third kappa shape index (κ3) is 3.67. The largest absolute Gasteiger partial charge is 0.392 e. The van der Waals surface area contributed by atoms with Crippen LogP contribution in [0, 0.1) is 0 Å². The van der Waals surface area contributed by atoms with Crippen molar-refractivity contribution in [1.29, 1.82) is 0 Å². The van der Waals surface area contributed by atoms with Gasteiger partial charge in [0, 0.05) is 13.1 Å². The first-order valence-electron chi connectivity index (χ1n) is 7.13. The van der Waals surface area contributed by atoms with E-state index in [1.54, 1.807) is 0 Å². The molecule has 0 amide bonds. The number of thiocarbonyl (C=S) groups is 1. The van der Waals surface area contributed by atoms with E-state index in [0.29, 0.717) is 39.1 Å². The molecule has 0 atom stereocenters. The van der Waals surface area contributed by atoms with Gasteiger partial charge in [0.1, 0.15) is 0 Å². The van der Waals surface area contributed by atoms with E-state index in [1.807, 2.05) is 0 Å². The van der Waals surface area contributed by atoms with Crippen molar-refractivity contribution in [2.45, 2.75) is 44.1 Å². The molecule has 0 unspecified atom stereocenters. The molecule has 0 aromatic rings. The molecule has 0 aromatic carbocycles. The van der Waals surface area contributed by atoms with Gasteiger partial charge in [-0.05, 0) is 12.8 Å². The molecule has 2 rings (SSSR count). The SMILES string of the molecule is NC(=S)C1(NS(=O)(=O)N2CCOCC2)CCCCCC1. The highest BCUT2D eigenvalue weighted by atomic mass is 32.2. The van der Waals surface area contributed by atoms with Gasteiger partial charge in [-0.15, -0.1) is 0 Å². The van der Waals surface area contributed by atoms with E-state index in [1.165, 1.54) is 4.31 Å². The monoisotopic (exact) mass is 321 g/mol. The van der Waals surface area contributed by atoms with Crippen LogP contribution in [0.1, 0.15) is 38.5 Å². The Hall–Kier alpha value is -0.280. The summed E-state index contributed by atoms with van der Waals surface area (Å²) >= 11 is 5.16. The van der Waals surface area contributed by atoms with Crippen LogP contribution in [0.3, 0.4) is 0 Å². The van der Waals surface area contributed by atoms with Crippen LogP contribution in [-0.4, -0.2) is 49.6 Å². The molecule has 0 bridgehead atoms. The van der Waals surface area contributed by atoms with Gasteiger partial charge >= 0.3 is 0 Å². The highest BCUT2D eigenvalue weighted by molar-refractivity contribution is 7.87. The molecule has 1 saturated heterocycles. The Morgan fingerprint density at radius 1 is 1.15 bits per heavy atom. The zero-order valence-electron chi connectivity index (χ0n) is 11.6. The Balaban J connectivity index is 2.16. The number of nitrogens with two attached hydrogens (primary N) is 1. The molecule has 1 heterocycles. The second-order valence-electron chi connectivity index (χ2n) is 5.48. The van der Waals surface area contributed by atoms with Gasteiger partial charge in [-0.25, -0.2) is 0 Å². The van der Waals surface area contributed by atoms with E-state index in [9.17, 15) is 8.42 Å². The molecule has 0 radical (unpaired) electrons. The number of rotatable bonds is 4. The van der Waals surface area contributed by atoms with Crippen molar-refractivity contribution in [3.05, 3.63) is 0 Å². The fourth-order valence-corrected chi connectivity index (χ4v) is 4.72. The third-order valence-corrected chi connectivity index (χ3v) is 6.15. The zero-order chi connectivity index (χ0) is 14.6. The van der Waals surface area contributed by atoms with Crippen molar-refractivity contribution in [3.8, 4) is 0 Å². The van der Waals surface area contributed by atoms with Gasteiger partial charge in [0.2, 0.25) is 0 Å². The molecule has 1 aliphatic heterocycles. The molecule has 3 N–H and O–H groups in total. The molecule has 2 fully saturated rings. The van der Waals surface area contributed by atoms with Crippen LogP contribution >= 0.6 is 12.2 Å². The number of hydrogen-bond donors (Lipinski definition) is 2. The van der Waals surface area contributed by atoms with Crippen LogP contribution in [0.2, 0.25) is 0 Å². The maximum atomic E-state index is 12.5. The van der Waals surface area contributed by atoms with Crippen molar-refractivity contribution in [3.63, 3.8) is 0 Å². The molecule has 2 aliphatic rings. The summed E-state index contributed by atoms with van der Waals surface area (Å²) in [7, 11) is -3.57. The predicted octanol–water partition coefficient (Wildman–Crippen LogP) is 0.532.